The fourth-order valence-corrected chi connectivity index (χ4v) is 2.39. The van der Waals surface area contributed by atoms with Crippen molar-refractivity contribution in [3.8, 4) is 0 Å². The molecule has 1 unspecified atom stereocenters. The average molecular weight is 291 g/mol. The van der Waals surface area contributed by atoms with Crippen LogP contribution < -0.4 is 10.6 Å². The van der Waals surface area contributed by atoms with E-state index >= 15 is 0 Å². The summed E-state index contributed by atoms with van der Waals surface area (Å²) < 4.78 is 0. The molecule has 0 saturated carbocycles. The molecule has 1 aliphatic rings. The summed E-state index contributed by atoms with van der Waals surface area (Å²) in [7, 11) is 0. The first-order chi connectivity index (χ1) is 10.1. The van der Waals surface area contributed by atoms with Crippen molar-refractivity contribution in [1.29, 1.82) is 0 Å². The maximum absolute atomic E-state index is 12.3. The van der Waals surface area contributed by atoms with Crippen molar-refractivity contribution >= 4 is 17.7 Å². The number of nitrogens with one attached hydrogen (secondary N) is 2. The molecule has 116 valence electrons. The highest BCUT2D eigenvalue weighted by atomic mass is 16.2. The molecule has 1 fully saturated rings. The fraction of sp³-hybridized carbons (Fsp3) is 0.667. The molecule has 2 heterocycles. The molecule has 1 aliphatic heterocycles. The second kappa shape index (κ2) is 7.24. The van der Waals surface area contributed by atoms with E-state index in [1.54, 1.807) is 6.20 Å². The fourth-order valence-electron chi connectivity index (χ4n) is 2.39. The van der Waals surface area contributed by atoms with E-state index in [0.29, 0.717) is 5.95 Å². The predicted molar refractivity (Wildman–Crippen MR) is 84.4 cm³/mol. The maximum Gasteiger partial charge on any atom is 0.244 e. The Morgan fingerprint density at radius 1 is 1.43 bits per heavy atom. The van der Waals surface area contributed by atoms with Crippen LogP contribution in [0.3, 0.4) is 0 Å². The van der Waals surface area contributed by atoms with Gasteiger partial charge in [-0.3, -0.25) is 4.79 Å². The number of hydrogen-bond donors (Lipinski definition) is 2. The number of likely N-dealkylation sites (tertiary alicyclic amines) is 1. The Labute approximate surface area is 126 Å². The van der Waals surface area contributed by atoms with E-state index in [1.807, 2.05) is 18.7 Å². The normalized spacial score (nSPS) is 15.9. The summed E-state index contributed by atoms with van der Waals surface area (Å²) in [6.07, 6.45) is 5.01. The standard InChI is InChI=1S/C15H25N5O/c1-4-7-16-15-17-10-11(2)13(19-15)18-12(3)14(21)20-8-5-6-9-20/h10,12H,4-9H2,1-3H3,(H2,16,17,18,19). The van der Waals surface area contributed by atoms with E-state index in [4.69, 9.17) is 0 Å². The molecule has 0 radical (unpaired) electrons. The molecule has 0 aromatic carbocycles. The Morgan fingerprint density at radius 3 is 2.81 bits per heavy atom. The van der Waals surface area contributed by atoms with Crippen LogP contribution in [-0.2, 0) is 4.79 Å². The molecular weight excluding hydrogens is 266 g/mol. The average Bonchev–Trinajstić information content (AvgIpc) is 3.01. The van der Waals surface area contributed by atoms with Crippen LogP contribution in [0.4, 0.5) is 11.8 Å². The van der Waals surface area contributed by atoms with E-state index < -0.39 is 0 Å². The van der Waals surface area contributed by atoms with Crippen molar-refractivity contribution in [2.75, 3.05) is 30.3 Å². The Bertz CT molecular complexity index is 485. The highest BCUT2D eigenvalue weighted by Gasteiger charge is 2.23. The molecule has 1 amide bonds. The van der Waals surface area contributed by atoms with Crippen molar-refractivity contribution < 1.29 is 4.79 Å². The van der Waals surface area contributed by atoms with E-state index in [2.05, 4.69) is 27.5 Å². The number of hydrogen-bond acceptors (Lipinski definition) is 5. The van der Waals surface area contributed by atoms with Crippen molar-refractivity contribution in [2.24, 2.45) is 0 Å². The van der Waals surface area contributed by atoms with Crippen LogP contribution in [-0.4, -0.2) is 46.5 Å². The lowest BCUT2D eigenvalue weighted by atomic mass is 10.2. The van der Waals surface area contributed by atoms with E-state index in [9.17, 15) is 4.79 Å². The summed E-state index contributed by atoms with van der Waals surface area (Å²) in [5.41, 5.74) is 0.943. The molecule has 2 rings (SSSR count). The van der Waals surface area contributed by atoms with E-state index in [-0.39, 0.29) is 11.9 Å². The Morgan fingerprint density at radius 2 is 2.14 bits per heavy atom. The zero-order valence-electron chi connectivity index (χ0n) is 13.1. The van der Waals surface area contributed by atoms with Crippen molar-refractivity contribution in [1.82, 2.24) is 14.9 Å². The van der Waals surface area contributed by atoms with E-state index in [0.717, 1.165) is 50.3 Å². The molecule has 0 aliphatic carbocycles. The molecule has 6 nitrogen and oxygen atoms in total. The number of aromatic nitrogens is 2. The minimum absolute atomic E-state index is 0.147. The van der Waals surface area contributed by atoms with Gasteiger partial charge in [0.05, 0.1) is 0 Å². The summed E-state index contributed by atoms with van der Waals surface area (Å²) >= 11 is 0. The van der Waals surface area contributed by atoms with Crippen molar-refractivity contribution in [3.63, 3.8) is 0 Å². The first-order valence-electron chi connectivity index (χ1n) is 7.74. The molecule has 1 atom stereocenters. The van der Waals surface area contributed by atoms with Crippen molar-refractivity contribution in [2.45, 2.75) is 46.1 Å². The minimum atomic E-state index is -0.268. The van der Waals surface area contributed by atoms with Gasteiger partial charge in [-0.2, -0.15) is 4.98 Å². The van der Waals surface area contributed by atoms with Gasteiger partial charge in [-0.15, -0.1) is 0 Å². The van der Waals surface area contributed by atoms with Gasteiger partial charge in [0.2, 0.25) is 11.9 Å². The largest absolute Gasteiger partial charge is 0.358 e. The monoisotopic (exact) mass is 291 g/mol. The van der Waals surface area contributed by atoms with Gasteiger partial charge in [-0.05, 0) is 33.1 Å². The van der Waals surface area contributed by atoms with Gasteiger partial charge in [-0.25, -0.2) is 4.98 Å². The molecule has 6 heteroatoms. The molecule has 21 heavy (non-hydrogen) atoms. The zero-order valence-corrected chi connectivity index (χ0v) is 13.1. The summed E-state index contributed by atoms with van der Waals surface area (Å²) in [5.74, 6) is 1.48. The van der Waals surface area contributed by atoms with Gasteiger partial charge < -0.3 is 15.5 Å². The number of aryl methyl sites for hydroxylation is 1. The zero-order chi connectivity index (χ0) is 15.2. The van der Waals surface area contributed by atoms with Crippen LogP contribution in [0.25, 0.3) is 0 Å². The van der Waals surface area contributed by atoms with Gasteiger partial charge in [0, 0.05) is 31.4 Å². The molecule has 1 aromatic rings. The minimum Gasteiger partial charge on any atom is -0.358 e. The lowest BCUT2D eigenvalue weighted by molar-refractivity contribution is -0.130. The number of nitrogens with zero attached hydrogens (tertiary/aromatic N) is 3. The highest BCUT2D eigenvalue weighted by molar-refractivity contribution is 5.84. The smallest absolute Gasteiger partial charge is 0.244 e. The highest BCUT2D eigenvalue weighted by Crippen LogP contribution is 2.16. The third-order valence-electron chi connectivity index (χ3n) is 3.65. The van der Waals surface area contributed by atoms with Gasteiger partial charge in [0.1, 0.15) is 11.9 Å². The third-order valence-corrected chi connectivity index (χ3v) is 3.65. The number of amides is 1. The van der Waals surface area contributed by atoms with Crippen molar-refractivity contribution in [3.05, 3.63) is 11.8 Å². The number of carbonyl (C=O) groups excluding carboxylic acids is 1. The van der Waals surface area contributed by atoms with Gasteiger partial charge in [0.15, 0.2) is 0 Å². The number of rotatable bonds is 6. The van der Waals surface area contributed by atoms with Gasteiger partial charge in [-0.1, -0.05) is 6.92 Å². The van der Waals surface area contributed by atoms with E-state index in [1.165, 1.54) is 0 Å². The summed E-state index contributed by atoms with van der Waals surface area (Å²) in [6.45, 7) is 8.51. The Kier molecular flexibility index (Phi) is 5.36. The molecule has 0 bridgehead atoms. The summed E-state index contributed by atoms with van der Waals surface area (Å²) in [6, 6.07) is -0.268. The number of anilines is 2. The second-order valence-corrected chi connectivity index (χ2v) is 5.55. The van der Waals surface area contributed by atoms with Crippen LogP contribution in [0.2, 0.25) is 0 Å². The Hall–Kier alpha value is -1.85. The topological polar surface area (TPSA) is 70.2 Å². The quantitative estimate of drug-likeness (QED) is 0.839. The third kappa shape index (κ3) is 4.06. The predicted octanol–water partition coefficient (Wildman–Crippen LogP) is 2.03. The van der Waals surface area contributed by atoms with Crippen LogP contribution in [0.15, 0.2) is 6.20 Å². The lowest BCUT2D eigenvalue weighted by Crippen LogP contribution is -2.40. The van der Waals surface area contributed by atoms with Crippen LogP contribution in [0.1, 0.15) is 38.7 Å². The molecule has 1 saturated heterocycles. The Balaban J connectivity index is 2.01. The summed E-state index contributed by atoms with van der Waals surface area (Å²) in [4.78, 5) is 22.9. The molecule has 2 N–H and O–H groups in total. The van der Waals surface area contributed by atoms with Gasteiger partial charge in [0.25, 0.3) is 0 Å². The van der Waals surface area contributed by atoms with Gasteiger partial charge >= 0.3 is 0 Å². The second-order valence-electron chi connectivity index (χ2n) is 5.55. The summed E-state index contributed by atoms with van der Waals surface area (Å²) in [5, 5.41) is 6.38. The first kappa shape index (κ1) is 15.5. The lowest BCUT2D eigenvalue weighted by Gasteiger charge is -2.22. The first-order valence-corrected chi connectivity index (χ1v) is 7.74. The SMILES string of the molecule is CCCNc1ncc(C)c(NC(C)C(=O)N2CCCC2)n1. The number of carbonyl (C=O) groups is 1. The molecule has 0 spiro atoms. The van der Waals surface area contributed by atoms with Crippen LogP contribution >= 0.6 is 0 Å². The maximum atomic E-state index is 12.3. The van der Waals surface area contributed by atoms with Crippen LogP contribution in [0.5, 0.6) is 0 Å². The molecular formula is C15H25N5O. The molecule has 1 aromatic heterocycles. The van der Waals surface area contributed by atoms with Crippen LogP contribution in [0, 0.1) is 6.92 Å².